The molecule has 14 nitrogen and oxygen atoms in total. The van der Waals surface area contributed by atoms with Crippen LogP contribution in [0.4, 0.5) is 9.59 Å². The molecule has 2 N–H and O–H groups in total. The predicted octanol–water partition coefficient (Wildman–Crippen LogP) is 1.26. The van der Waals surface area contributed by atoms with Gasteiger partial charge in [0.1, 0.15) is 5.70 Å². The van der Waals surface area contributed by atoms with Gasteiger partial charge in [0.25, 0.3) is 0 Å². The third-order valence-corrected chi connectivity index (χ3v) is 8.07. The zero-order valence-corrected chi connectivity index (χ0v) is 23.2. The molecule has 2 fully saturated rings. The van der Waals surface area contributed by atoms with Crippen molar-refractivity contribution in [3.8, 4) is 0 Å². The van der Waals surface area contributed by atoms with Crippen molar-refractivity contribution in [2.45, 2.75) is 70.8 Å². The van der Waals surface area contributed by atoms with Crippen LogP contribution in [0.25, 0.3) is 0 Å². The van der Waals surface area contributed by atoms with E-state index in [0.29, 0.717) is 17.9 Å². The Hall–Kier alpha value is -3.04. The van der Waals surface area contributed by atoms with Crippen LogP contribution in [-0.2, 0) is 42.8 Å². The van der Waals surface area contributed by atoms with Crippen LogP contribution in [-0.4, -0.2) is 96.4 Å². The highest BCUT2D eigenvalue weighted by Crippen LogP contribution is 2.52. The summed E-state index contributed by atoms with van der Waals surface area (Å²) < 4.78 is 30.0. The highest BCUT2D eigenvalue weighted by molar-refractivity contribution is 8.03. The molecule has 3 heterocycles. The second-order valence-electron chi connectivity index (χ2n) is 9.16. The Labute approximate surface area is 229 Å². The second-order valence-corrected chi connectivity index (χ2v) is 10.4. The number of aliphatic hydroxyl groups is 1. The molecule has 3 aliphatic heterocycles. The Bertz CT molecular complexity index is 1000. The van der Waals surface area contributed by atoms with Crippen LogP contribution < -0.4 is 5.32 Å². The molecule has 15 heteroatoms. The molecular weight excluding hydrogens is 540 g/mol. The largest absolute Gasteiger partial charge is 0.511 e. The van der Waals surface area contributed by atoms with Crippen molar-refractivity contribution in [2.75, 3.05) is 26.6 Å². The molecule has 3 aliphatic rings. The van der Waals surface area contributed by atoms with Crippen molar-refractivity contribution < 1.29 is 57.5 Å². The number of hydrogen-bond donors (Lipinski definition) is 2. The van der Waals surface area contributed by atoms with E-state index in [1.807, 2.05) is 6.92 Å². The number of β-lactam (4-membered cyclic amide) rings is 1. The van der Waals surface area contributed by atoms with Crippen molar-refractivity contribution in [2.24, 2.45) is 11.8 Å². The van der Waals surface area contributed by atoms with E-state index in [9.17, 15) is 29.1 Å². The molecule has 0 saturated carbocycles. The maximum Gasteiger partial charge on any atom is 0.511 e. The first-order valence-corrected chi connectivity index (χ1v) is 13.5. The molecule has 0 bridgehead atoms. The van der Waals surface area contributed by atoms with Gasteiger partial charge >= 0.3 is 24.2 Å². The van der Waals surface area contributed by atoms with E-state index in [-0.39, 0.29) is 30.0 Å². The van der Waals surface area contributed by atoms with Gasteiger partial charge in [0.05, 0.1) is 30.8 Å². The number of ether oxygens (including phenoxy) is 6. The fourth-order valence-electron chi connectivity index (χ4n) is 4.78. The van der Waals surface area contributed by atoms with Crippen molar-refractivity contribution in [1.29, 1.82) is 0 Å². The highest BCUT2D eigenvalue weighted by Gasteiger charge is 2.60. The van der Waals surface area contributed by atoms with Gasteiger partial charge in [-0.3, -0.25) is 9.59 Å². The quantitative estimate of drug-likeness (QED) is 0.156. The van der Waals surface area contributed by atoms with E-state index in [1.165, 1.54) is 37.4 Å². The number of fused-ring (bicyclic) bond motifs is 1. The van der Waals surface area contributed by atoms with Gasteiger partial charge < -0.3 is 43.7 Å². The molecular formula is C24H34N2O12S. The number of nitrogens with zero attached hydrogens (tertiary/aromatic N) is 1. The summed E-state index contributed by atoms with van der Waals surface area (Å²) in [6, 6.07) is -0.440. The summed E-state index contributed by atoms with van der Waals surface area (Å²) in [5, 5.41) is 12.5. The van der Waals surface area contributed by atoms with E-state index in [4.69, 9.17) is 23.7 Å². The van der Waals surface area contributed by atoms with Crippen molar-refractivity contribution in [3.63, 3.8) is 0 Å². The minimum absolute atomic E-state index is 0.0279. The van der Waals surface area contributed by atoms with Crippen molar-refractivity contribution >= 4 is 41.9 Å². The zero-order valence-electron chi connectivity index (χ0n) is 22.4. The van der Waals surface area contributed by atoms with Crippen LogP contribution in [0.15, 0.2) is 10.6 Å². The number of esters is 2. The molecule has 0 aromatic rings. The molecule has 39 heavy (non-hydrogen) atoms. The minimum Gasteiger partial charge on any atom is -0.435 e. The summed E-state index contributed by atoms with van der Waals surface area (Å²) in [5.41, 5.74) is 0.0279. The minimum atomic E-state index is -1.06. The second kappa shape index (κ2) is 13.3. The number of aliphatic hydroxyl groups excluding tert-OH is 1. The first kappa shape index (κ1) is 30.5. The Morgan fingerprint density at radius 2 is 1.90 bits per heavy atom. The Morgan fingerprint density at radius 1 is 1.18 bits per heavy atom. The molecule has 3 rings (SSSR count). The number of alkyl carbamates (subject to hydrolysis) is 1. The first-order chi connectivity index (χ1) is 18.5. The van der Waals surface area contributed by atoms with Crippen LogP contribution in [0.5, 0.6) is 0 Å². The maximum absolute atomic E-state index is 13.1. The van der Waals surface area contributed by atoms with E-state index < -0.39 is 67.3 Å². The van der Waals surface area contributed by atoms with E-state index >= 15 is 0 Å². The number of nitrogens with one attached hydrogen (secondary N) is 1. The van der Waals surface area contributed by atoms with Crippen LogP contribution in [0, 0.1) is 11.8 Å². The van der Waals surface area contributed by atoms with Crippen LogP contribution >= 0.6 is 11.8 Å². The normalized spacial score (nSPS) is 27.2. The topological polar surface area (TPSA) is 176 Å². The summed E-state index contributed by atoms with van der Waals surface area (Å²) in [6.45, 7) is 7.45. The number of amides is 2. The molecule has 0 aromatic heterocycles. The Kier molecular flexibility index (Phi) is 10.4. The fraction of sp³-hybridized carbons (Fsp3) is 0.708. The van der Waals surface area contributed by atoms with Gasteiger partial charge in [-0.2, -0.15) is 0 Å². The monoisotopic (exact) mass is 574 g/mol. The first-order valence-electron chi connectivity index (χ1n) is 12.6. The molecule has 0 radical (unpaired) electrons. The third-order valence-electron chi connectivity index (χ3n) is 6.41. The van der Waals surface area contributed by atoms with Gasteiger partial charge in [-0.25, -0.2) is 14.4 Å². The lowest BCUT2D eigenvalue weighted by Crippen LogP contribution is -2.63. The third kappa shape index (κ3) is 7.13. The van der Waals surface area contributed by atoms with Gasteiger partial charge in [-0.15, -0.1) is 11.8 Å². The SMILES string of the molecule is CCOC(=O)OCOC(=O)C1=C(S[C@@H]2CCO[C@@H]2CNC(=O)OC(C)OC(C)=O)[C@H](C)C2[C@@H]([C@@H](C)O)C(=O)N12. The maximum atomic E-state index is 13.1. The molecule has 2 amide bonds. The zero-order chi connectivity index (χ0) is 28.9. The number of hydrogen-bond acceptors (Lipinski definition) is 13. The molecule has 0 aromatic carbocycles. The highest BCUT2D eigenvalue weighted by atomic mass is 32.2. The summed E-state index contributed by atoms with van der Waals surface area (Å²) in [6.07, 6.45) is -3.63. The molecule has 2 saturated heterocycles. The summed E-state index contributed by atoms with van der Waals surface area (Å²) in [5.74, 6) is -2.83. The Morgan fingerprint density at radius 3 is 2.54 bits per heavy atom. The number of rotatable bonds is 11. The van der Waals surface area contributed by atoms with E-state index in [1.54, 1.807) is 6.92 Å². The summed E-state index contributed by atoms with van der Waals surface area (Å²) >= 11 is 1.34. The van der Waals surface area contributed by atoms with Crippen LogP contribution in [0.2, 0.25) is 0 Å². The number of carbonyl (C=O) groups is 5. The van der Waals surface area contributed by atoms with E-state index in [2.05, 4.69) is 10.1 Å². The molecule has 2 unspecified atom stereocenters. The lowest BCUT2D eigenvalue weighted by Gasteiger charge is -2.46. The summed E-state index contributed by atoms with van der Waals surface area (Å²) in [4.78, 5) is 62.4. The van der Waals surface area contributed by atoms with Gasteiger partial charge in [-0.05, 0) is 20.3 Å². The van der Waals surface area contributed by atoms with Gasteiger partial charge in [0, 0.05) is 43.1 Å². The molecule has 0 aliphatic carbocycles. The predicted molar refractivity (Wildman–Crippen MR) is 133 cm³/mol. The summed E-state index contributed by atoms with van der Waals surface area (Å²) in [7, 11) is 0. The average molecular weight is 575 g/mol. The Balaban J connectivity index is 1.70. The van der Waals surface area contributed by atoms with Gasteiger partial charge in [0.15, 0.2) is 0 Å². The number of thioether (sulfide) groups is 1. The molecule has 7 atom stereocenters. The van der Waals surface area contributed by atoms with Gasteiger partial charge in [0.2, 0.25) is 19.0 Å². The lowest BCUT2D eigenvalue weighted by atomic mass is 9.79. The standard InChI is InChI=1S/C24H34N2O12S/c1-6-33-24(32)36-10-35-22(30)19-20(11(2)18-17(12(3)27)21(29)26(18)19)39-16-7-8-34-15(16)9-25-23(31)38-14(5)37-13(4)28/h11-12,14-18,27H,6-10H2,1-5H3,(H,25,31)/t11-,12-,14?,15-,16-,17-,18?/m1/s1. The smallest absolute Gasteiger partial charge is 0.435 e. The van der Waals surface area contributed by atoms with Crippen molar-refractivity contribution in [1.82, 2.24) is 10.2 Å². The number of carbonyl (C=O) groups excluding carboxylic acids is 5. The van der Waals surface area contributed by atoms with Gasteiger partial charge in [-0.1, -0.05) is 6.92 Å². The molecule has 0 spiro atoms. The van der Waals surface area contributed by atoms with E-state index in [0.717, 1.165) is 0 Å². The average Bonchev–Trinajstić information content (AvgIpc) is 3.37. The molecule has 218 valence electrons. The van der Waals surface area contributed by atoms with Crippen molar-refractivity contribution in [3.05, 3.63) is 10.6 Å². The fourth-order valence-corrected chi connectivity index (χ4v) is 6.29. The lowest BCUT2D eigenvalue weighted by molar-refractivity contribution is -0.166. The van der Waals surface area contributed by atoms with Crippen LogP contribution in [0.1, 0.15) is 41.0 Å². The van der Waals surface area contributed by atoms with Crippen LogP contribution in [0.3, 0.4) is 0 Å².